The van der Waals surface area contributed by atoms with Crippen LogP contribution in [0.2, 0.25) is 5.02 Å². The molecule has 0 spiro atoms. The molecule has 0 aromatic heterocycles. The van der Waals surface area contributed by atoms with E-state index in [-0.39, 0.29) is 0 Å². The maximum atomic E-state index is 6.18. The Labute approximate surface area is 123 Å². The fourth-order valence-corrected chi connectivity index (χ4v) is 3.26. The van der Waals surface area contributed by atoms with E-state index in [2.05, 4.69) is 33.2 Å². The molecule has 0 radical (unpaired) electrons. The average molecular weight is 332 g/mol. The summed E-state index contributed by atoms with van der Waals surface area (Å²) in [6.45, 7) is 2.22. The molecule has 18 heavy (non-hydrogen) atoms. The molecule has 4 heteroatoms. The molecule has 0 bridgehead atoms. The third-order valence-corrected chi connectivity index (χ3v) is 4.45. The van der Waals surface area contributed by atoms with Gasteiger partial charge in [-0.05, 0) is 51.1 Å². The Balaban J connectivity index is 1.81. The summed E-state index contributed by atoms with van der Waals surface area (Å²) in [6.07, 6.45) is 5.22. The first kappa shape index (κ1) is 14.2. The monoisotopic (exact) mass is 330 g/mol. The van der Waals surface area contributed by atoms with Gasteiger partial charge in [-0.25, -0.2) is 0 Å². The number of rotatable bonds is 4. The van der Waals surface area contributed by atoms with Gasteiger partial charge in [0.1, 0.15) is 0 Å². The number of nitrogens with one attached hydrogen (secondary N) is 1. The second-order valence-electron chi connectivity index (χ2n) is 4.97. The van der Waals surface area contributed by atoms with Crippen LogP contribution in [0.1, 0.15) is 25.7 Å². The molecule has 0 aliphatic carbocycles. The number of halogens is 2. The number of benzene rings is 1. The van der Waals surface area contributed by atoms with Crippen LogP contribution in [-0.2, 0) is 0 Å². The Morgan fingerprint density at radius 2 is 2.28 bits per heavy atom. The minimum atomic E-state index is 0.723. The highest BCUT2D eigenvalue weighted by Gasteiger charge is 2.18. The molecule has 1 N–H and O–H groups in total. The van der Waals surface area contributed by atoms with Gasteiger partial charge in [-0.3, -0.25) is 0 Å². The molecule has 100 valence electrons. The van der Waals surface area contributed by atoms with Crippen LogP contribution in [-0.4, -0.2) is 31.1 Å². The summed E-state index contributed by atoms with van der Waals surface area (Å²) in [5.41, 5.74) is 1.03. The molecule has 1 aromatic rings. The van der Waals surface area contributed by atoms with Crippen molar-refractivity contribution >= 4 is 33.2 Å². The molecule has 1 aliphatic rings. The van der Waals surface area contributed by atoms with Crippen LogP contribution >= 0.6 is 27.5 Å². The molecule has 1 aromatic carbocycles. The minimum absolute atomic E-state index is 0.723. The van der Waals surface area contributed by atoms with Gasteiger partial charge in [0.2, 0.25) is 0 Å². The zero-order valence-corrected chi connectivity index (χ0v) is 13.1. The Bertz CT molecular complexity index is 397. The fourth-order valence-electron chi connectivity index (χ4n) is 2.52. The molecule has 2 nitrogen and oxygen atoms in total. The quantitative estimate of drug-likeness (QED) is 0.880. The molecule has 1 fully saturated rings. The second kappa shape index (κ2) is 6.78. The van der Waals surface area contributed by atoms with E-state index in [1.807, 2.05) is 18.2 Å². The molecule has 0 amide bonds. The van der Waals surface area contributed by atoms with Crippen molar-refractivity contribution in [2.24, 2.45) is 0 Å². The smallest absolute Gasteiger partial charge is 0.0648 e. The summed E-state index contributed by atoms with van der Waals surface area (Å²) in [7, 11) is 2.23. The van der Waals surface area contributed by atoms with Crippen LogP contribution in [0.3, 0.4) is 0 Å². The molecule has 1 aliphatic heterocycles. The molecule has 1 saturated heterocycles. The van der Waals surface area contributed by atoms with E-state index >= 15 is 0 Å². The van der Waals surface area contributed by atoms with Crippen molar-refractivity contribution in [2.75, 3.05) is 25.5 Å². The highest BCUT2D eigenvalue weighted by Crippen LogP contribution is 2.26. The molecule has 1 heterocycles. The Kier molecular flexibility index (Phi) is 5.34. The van der Waals surface area contributed by atoms with E-state index < -0.39 is 0 Å². The Morgan fingerprint density at radius 3 is 3.00 bits per heavy atom. The first-order valence-electron chi connectivity index (χ1n) is 6.56. The SMILES string of the molecule is CN1CCCCC1CCNc1ccc(Br)cc1Cl. The lowest BCUT2D eigenvalue weighted by Crippen LogP contribution is -2.37. The molecule has 1 atom stereocenters. The zero-order chi connectivity index (χ0) is 13.0. The van der Waals surface area contributed by atoms with Crippen LogP contribution in [0, 0.1) is 0 Å². The van der Waals surface area contributed by atoms with Gasteiger partial charge in [0.25, 0.3) is 0 Å². The average Bonchev–Trinajstić information content (AvgIpc) is 2.34. The molecule has 0 saturated carbocycles. The van der Waals surface area contributed by atoms with E-state index in [4.69, 9.17) is 11.6 Å². The number of hydrogen-bond acceptors (Lipinski definition) is 2. The summed E-state index contributed by atoms with van der Waals surface area (Å²) in [4.78, 5) is 2.48. The van der Waals surface area contributed by atoms with Crippen molar-refractivity contribution in [3.63, 3.8) is 0 Å². The van der Waals surface area contributed by atoms with Crippen LogP contribution in [0.4, 0.5) is 5.69 Å². The Hall–Kier alpha value is -0.250. The topological polar surface area (TPSA) is 15.3 Å². The van der Waals surface area contributed by atoms with E-state index in [1.165, 1.54) is 32.2 Å². The summed E-state index contributed by atoms with van der Waals surface area (Å²) in [6, 6.07) is 6.69. The van der Waals surface area contributed by atoms with Crippen LogP contribution < -0.4 is 5.32 Å². The van der Waals surface area contributed by atoms with Crippen molar-refractivity contribution in [3.8, 4) is 0 Å². The number of nitrogens with zero attached hydrogens (tertiary/aromatic N) is 1. The van der Waals surface area contributed by atoms with Crippen LogP contribution in [0.15, 0.2) is 22.7 Å². The van der Waals surface area contributed by atoms with Crippen molar-refractivity contribution in [1.82, 2.24) is 4.90 Å². The lowest BCUT2D eigenvalue weighted by molar-refractivity contribution is 0.179. The van der Waals surface area contributed by atoms with Gasteiger partial charge in [-0.15, -0.1) is 0 Å². The lowest BCUT2D eigenvalue weighted by Gasteiger charge is -2.32. The van der Waals surface area contributed by atoms with Gasteiger partial charge >= 0.3 is 0 Å². The molecular formula is C14H20BrClN2. The maximum Gasteiger partial charge on any atom is 0.0648 e. The maximum absolute atomic E-state index is 6.18. The van der Waals surface area contributed by atoms with Crippen LogP contribution in [0.25, 0.3) is 0 Å². The molecular weight excluding hydrogens is 312 g/mol. The highest BCUT2D eigenvalue weighted by molar-refractivity contribution is 9.10. The zero-order valence-electron chi connectivity index (χ0n) is 10.8. The predicted octanol–water partition coefficient (Wildman–Crippen LogP) is 4.39. The van der Waals surface area contributed by atoms with Gasteiger partial charge in [-0.1, -0.05) is 34.0 Å². The second-order valence-corrected chi connectivity index (χ2v) is 6.29. The highest BCUT2D eigenvalue weighted by atomic mass is 79.9. The molecule has 2 rings (SSSR count). The first-order chi connectivity index (χ1) is 8.66. The first-order valence-corrected chi connectivity index (χ1v) is 7.73. The summed E-state index contributed by atoms with van der Waals surface area (Å²) in [5, 5.41) is 4.21. The third kappa shape index (κ3) is 3.87. The van der Waals surface area contributed by atoms with Crippen molar-refractivity contribution in [3.05, 3.63) is 27.7 Å². The Morgan fingerprint density at radius 1 is 1.44 bits per heavy atom. The summed E-state index contributed by atoms with van der Waals surface area (Å²) < 4.78 is 1.02. The lowest BCUT2D eigenvalue weighted by atomic mass is 10.0. The van der Waals surface area contributed by atoms with Gasteiger partial charge in [-0.2, -0.15) is 0 Å². The van der Waals surface area contributed by atoms with E-state index in [0.29, 0.717) is 0 Å². The van der Waals surface area contributed by atoms with Gasteiger partial charge in [0.15, 0.2) is 0 Å². The third-order valence-electron chi connectivity index (χ3n) is 3.65. The van der Waals surface area contributed by atoms with Crippen molar-refractivity contribution < 1.29 is 0 Å². The molecule has 1 unspecified atom stereocenters. The predicted molar refractivity (Wildman–Crippen MR) is 82.5 cm³/mol. The number of likely N-dealkylation sites (tertiary alicyclic amines) is 1. The number of hydrogen-bond donors (Lipinski definition) is 1. The largest absolute Gasteiger partial charge is 0.384 e. The van der Waals surface area contributed by atoms with Gasteiger partial charge < -0.3 is 10.2 Å². The fraction of sp³-hybridized carbons (Fsp3) is 0.571. The van der Waals surface area contributed by atoms with Crippen molar-refractivity contribution in [1.29, 1.82) is 0 Å². The number of piperidine rings is 1. The van der Waals surface area contributed by atoms with E-state index in [0.717, 1.165) is 27.8 Å². The van der Waals surface area contributed by atoms with E-state index in [9.17, 15) is 0 Å². The summed E-state index contributed by atoms with van der Waals surface area (Å²) in [5.74, 6) is 0. The minimum Gasteiger partial charge on any atom is -0.384 e. The van der Waals surface area contributed by atoms with Crippen molar-refractivity contribution in [2.45, 2.75) is 31.7 Å². The summed E-state index contributed by atoms with van der Waals surface area (Å²) >= 11 is 9.59. The van der Waals surface area contributed by atoms with Gasteiger partial charge in [0.05, 0.1) is 10.7 Å². The number of anilines is 1. The standard InChI is InChI=1S/C14H20BrClN2/c1-18-9-3-2-4-12(18)7-8-17-14-6-5-11(15)10-13(14)16/h5-6,10,12,17H,2-4,7-9H2,1H3. The van der Waals surface area contributed by atoms with Crippen LogP contribution in [0.5, 0.6) is 0 Å². The van der Waals surface area contributed by atoms with Gasteiger partial charge in [0, 0.05) is 17.1 Å². The normalized spacial score (nSPS) is 20.9. The van der Waals surface area contributed by atoms with E-state index in [1.54, 1.807) is 0 Å².